The number of hydrogen-bond donors (Lipinski definition) is 2. The van der Waals surface area contributed by atoms with Crippen molar-refractivity contribution in [2.75, 3.05) is 0 Å². The zero-order valence-corrected chi connectivity index (χ0v) is 8.53. The van der Waals surface area contributed by atoms with Crippen LogP contribution in [0.25, 0.3) is 0 Å². The van der Waals surface area contributed by atoms with Gasteiger partial charge in [0, 0.05) is 0 Å². The second-order valence-electron chi connectivity index (χ2n) is 3.86. The molecule has 0 fully saturated rings. The first-order valence-electron chi connectivity index (χ1n) is 3.86. The van der Waals surface area contributed by atoms with Crippen LogP contribution < -0.4 is 10.8 Å². The Morgan fingerprint density at radius 1 is 1.33 bits per heavy atom. The van der Waals surface area contributed by atoms with E-state index in [1.54, 1.807) is 12.3 Å². The van der Waals surface area contributed by atoms with E-state index in [1.807, 2.05) is 0 Å². The van der Waals surface area contributed by atoms with E-state index in [0.717, 1.165) is 5.19 Å². The molecule has 3 nitrogen and oxygen atoms in total. The normalized spacial score (nSPS) is 11.8. The highest BCUT2D eigenvalue weighted by Crippen LogP contribution is 2.00. The Kier molecular flexibility index (Phi) is 2.46. The monoisotopic (exact) mass is 184 g/mol. The Morgan fingerprint density at radius 3 is 2.17 bits per heavy atom. The van der Waals surface area contributed by atoms with E-state index in [0.29, 0.717) is 0 Å². The molecule has 0 unspecified atom stereocenters. The first-order valence-corrected chi connectivity index (χ1v) is 7.36. The predicted molar refractivity (Wildman–Crippen MR) is 51.5 cm³/mol. The van der Waals surface area contributed by atoms with Gasteiger partial charge in [0.1, 0.15) is 5.66 Å². The first-order chi connectivity index (χ1) is 5.41. The molecular formula is C7H13BO3Si. The van der Waals surface area contributed by atoms with Gasteiger partial charge >= 0.3 is 7.12 Å². The van der Waals surface area contributed by atoms with Crippen LogP contribution in [0, 0.1) is 0 Å². The Labute approximate surface area is 73.2 Å². The van der Waals surface area contributed by atoms with Crippen molar-refractivity contribution in [1.82, 2.24) is 0 Å². The summed E-state index contributed by atoms with van der Waals surface area (Å²) in [5.41, 5.74) is 0.229. The maximum Gasteiger partial charge on any atom is 0.526 e. The summed E-state index contributed by atoms with van der Waals surface area (Å²) in [6.07, 6.45) is 1.61. The molecule has 0 spiro atoms. The standard InChI is InChI=1S/C7H13BO3Si/c1-12(2,3)6-4-7(8(9)10)11-5-6/h4-5,9-10H,1-3H3. The third-order valence-corrected chi connectivity index (χ3v) is 3.73. The highest BCUT2D eigenvalue weighted by atomic mass is 28.3. The van der Waals surface area contributed by atoms with Crippen molar-refractivity contribution in [2.45, 2.75) is 19.6 Å². The van der Waals surface area contributed by atoms with Crippen LogP contribution in [0.3, 0.4) is 0 Å². The maximum atomic E-state index is 8.78. The fraction of sp³-hybridized carbons (Fsp3) is 0.429. The maximum absolute atomic E-state index is 8.78. The average Bonchev–Trinajstić information content (AvgIpc) is 2.30. The summed E-state index contributed by atoms with van der Waals surface area (Å²) in [4.78, 5) is 0. The van der Waals surface area contributed by atoms with Crippen molar-refractivity contribution in [3.8, 4) is 0 Å². The molecule has 0 atom stereocenters. The van der Waals surface area contributed by atoms with E-state index in [-0.39, 0.29) is 5.66 Å². The fourth-order valence-corrected chi connectivity index (χ4v) is 1.87. The molecule has 1 aromatic rings. The van der Waals surface area contributed by atoms with Gasteiger partial charge < -0.3 is 14.5 Å². The van der Waals surface area contributed by atoms with Crippen LogP contribution in [0.2, 0.25) is 19.6 Å². The van der Waals surface area contributed by atoms with Gasteiger partial charge in [-0.2, -0.15) is 0 Å². The van der Waals surface area contributed by atoms with Crippen LogP contribution in [0.15, 0.2) is 16.7 Å². The fourth-order valence-electron chi connectivity index (χ4n) is 0.882. The third kappa shape index (κ3) is 2.00. The van der Waals surface area contributed by atoms with Crippen molar-refractivity contribution in [2.24, 2.45) is 0 Å². The molecule has 12 heavy (non-hydrogen) atoms. The summed E-state index contributed by atoms with van der Waals surface area (Å²) >= 11 is 0. The predicted octanol–water partition coefficient (Wildman–Crippen LogP) is -0.495. The van der Waals surface area contributed by atoms with Crippen molar-refractivity contribution < 1.29 is 14.5 Å². The molecule has 0 saturated heterocycles. The summed E-state index contributed by atoms with van der Waals surface area (Å²) in [7, 11) is -2.86. The van der Waals surface area contributed by atoms with Gasteiger partial charge in [0.25, 0.3) is 0 Å². The van der Waals surface area contributed by atoms with Gasteiger partial charge in [0.15, 0.2) is 0 Å². The Balaban J connectivity index is 2.92. The molecule has 0 amide bonds. The number of furan rings is 1. The SMILES string of the molecule is C[Si](C)(C)c1coc(B(O)O)c1. The molecule has 66 valence electrons. The van der Waals surface area contributed by atoms with Gasteiger partial charge in [0.2, 0.25) is 0 Å². The second-order valence-corrected chi connectivity index (χ2v) is 8.94. The molecule has 2 N–H and O–H groups in total. The minimum absolute atomic E-state index is 0.229. The zero-order chi connectivity index (χ0) is 9.35. The van der Waals surface area contributed by atoms with Gasteiger partial charge in [-0.05, 0) is 11.3 Å². The van der Waals surface area contributed by atoms with Crippen LogP contribution in [0.1, 0.15) is 0 Å². The van der Waals surface area contributed by atoms with E-state index in [2.05, 4.69) is 19.6 Å². The quantitative estimate of drug-likeness (QED) is 0.609. The van der Waals surface area contributed by atoms with E-state index in [9.17, 15) is 0 Å². The molecule has 0 aromatic carbocycles. The largest absolute Gasteiger partial charge is 0.526 e. The van der Waals surface area contributed by atoms with Crippen LogP contribution in [0.5, 0.6) is 0 Å². The summed E-state index contributed by atoms with van der Waals surface area (Å²) < 4.78 is 4.99. The minimum atomic E-state index is -1.49. The smallest absolute Gasteiger partial charge is 0.473 e. The van der Waals surface area contributed by atoms with Gasteiger partial charge in [0.05, 0.1) is 14.3 Å². The summed E-state index contributed by atoms with van der Waals surface area (Å²) in [5, 5.41) is 18.7. The lowest BCUT2D eigenvalue weighted by molar-refractivity contribution is 0.409. The van der Waals surface area contributed by atoms with Gasteiger partial charge in [-0.25, -0.2) is 0 Å². The molecule has 1 aromatic heterocycles. The van der Waals surface area contributed by atoms with Crippen molar-refractivity contribution >= 4 is 26.0 Å². The number of rotatable bonds is 2. The van der Waals surface area contributed by atoms with Crippen molar-refractivity contribution in [1.29, 1.82) is 0 Å². The molecule has 0 saturated carbocycles. The highest BCUT2D eigenvalue weighted by Gasteiger charge is 2.23. The Morgan fingerprint density at radius 2 is 1.92 bits per heavy atom. The van der Waals surface area contributed by atoms with Crippen molar-refractivity contribution in [3.63, 3.8) is 0 Å². The zero-order valence-electron chi connectivity index (χ0n) is 7.53. The molecule has 0 radical (unpaired) electrons. The van der Waals surface area contributed by atoms with Gasteiger partial charge in [-0.15, -0.1) is 0 Å². The van der Waals surface area contributed by atoms with E-state index >= 15 is 0 Å². The lowest BCUT2D eigenvalue weighted by atomic mass is 9.88. The van der Waals surface area contributed by atoms with Crippen molar-refractivity contribution in [3.05, 3.63) is 12.3 Å². The van der Waals surface area contributed by atoms with Gasteiger partial charge in [-0.3, -0.25) is 0 Å². The summed E-state index contributed by atoms with van der Waals surface area (Å²) in [6.45, 7) is 6.52. The molecule has 0 bridgehead atoms. The highest BCUT2D eigenvalue weighted by molar-refractivity contribution is 6.88. The molecule has 0 aliphatic carbocycles. The third-order valence-electron chi connectivity index (χ3n) is 1.74. The van der Waals surface area contributed by atoms with Gasteiger partial charge in [-0.1, -0.05) is 19.6 Å². The summed E-state index contributed by atoms with van der Waals surface area (Å²) in [5.74, 6) is 0. The van der Waals surface area contributed by atoms with E-state index in [1.165, 1.54) is 0 Å². The molecule has 1 rings (SSSR count). The Bertz CT molecular complexity index is 264. The molecule has 0 aliphatic heterocycles. The Hall–Kier alpha value is -0.518. The average molecular weight is 184 g/mol. The minimum Gasteiger partial charge on any atom is -0.473 e. The van der Waals surface area contributed by atoms with E-state index in [4.69, 9.17) is 14.5 Å². The second kappa shape index (κ2) is 3.08. The first kappa shape index (κ1) is 9.57. The lowest BCUT2D eigenvalue weighted by Crippen LogP contribution is -2.38. The van der Waals surface area contributed by atoms with Crippen LogP contribution in [-0.2, 0) is 0 Å². The van der Waals surface area contributed by atoms with E-state index < -0.39 is 15.2 Å². The molecule has 0 aliphatic rings. The summed E-state index contributed by atoms with van der Waals surface area (Å²) in [6, 6.07) is 1.72. The molecule has 1 heterocycles. The molecular weight excluding hydrogens is 171 g/mol. The lowest BCUT2D eigenvalue weighted by Gasteiger charge is -2.11. The topological polar surface area (TPSA) is 53.6 Å². The van der Waals surface area contributed by atoms with Crippen LogP contribution in [-0.4, -0.2) is 25.2 Å². The van der Waals surface area contributed by atoms with Crippen LogP contribution in [0.4, 0.5) is 0 Å². The number of hydrogen-bond acceptors (Lipinski definition) is 3. The van der Waals surface area contributed by atoms with Crippen LogP contribution >= 0.6 is 0 Å². The molecule has 5 heteroatoms.